The predicted octanol–water partition coefficient (Wildman–Crippen LogP) is 1.95. The largest absolute Gasteiger partial charge is 0.495 e. The Morgan fingerprint density at radius 2 is 2.09 bits per heavy atom. The number of hydrogen-bond donors (Lipinski definition) is 1. The zero-order chi connectivity index (χ0) is 15.7. The first-order chi connectivity index (χ1) is 10.6. The van der Waals surface area contributed by atoms with Crippen molar-refractivity contribution in [3.8, 4) is 5.75 Å². The molecule has 1 N–H and O–H groups in total. The molecule has 0 radical (unpaired) electrons. The van der Waals surface area contributed by atoms with E-state index in [0.29, 0.717) is 36.8 Å². The molecule has 6 nitrogen and oxygen atoms in total. The van der Waals surface area contributed by atoms with Crippen molar-refractivity contribution in [3.63, 3.8) is 0 Å². The molecule has 1 aromatic rings. The molecule has 2 heterocycles. The molecule has 0 saturated carbocycles. The highest BCUT2D eigenvalue weighted by Crippen LogP contribution is 2.31. The van der Waals surface area contributed by atoms with Gasteiger partial charge in [0.15, 0.2) is 0 Å². The lowest BCUT2D eigenvalue weighted by Gasteiger charge is -2.30. The number of imide groups is 1. The lowest BCUT2D eigenvalue weighted by atomic mass is 9.90. The minimum Gasteiger partial charge on any atom is -0.495 e. The summed E-state index contributed by atoms with van der Waals surface area (Å²) < 4.78 is 10.4. The number of nitrogens with one attached hydrogen (secondary N) is 1. The van der Waals surface area contributed by atoms with E-state index in [4.69, 9.17) is 21.1 Å². The molecular weight excluding hydrogens is 308 g/mol. The zero-order valence-corrected chi connectivity index (χ0v) is 13.0. The van der Waals surface area contributed by atoms with Gasteiger partial charge in [0.2, 0.25) is 0 Å². The number of amides is 3. The van der Waals surface area contributed by atoms with E-state index in [9.17, 15) is 9.59 Å². The molecule has 0 aromatic heterocycles. The molecule has 2 aliphatic heterocycles. The third-order valence-electron chi connectivity index (χ3n) is 4.15. The highest BCUT2D eigenvalue weighted by Gasteiger charge is 2.51. The van der Waals surface area contributed by atoms with Crippen LogP contribution in [-0.2, 0) is 16.1 Å². The predicted molar refractivity (Wildman–Crippen MR) is 79.9 cm³/mol. The summed E-state index contributed by atoms with van der Waals surface area (Å²) in [5.74, 6) is 0.372. The standard InChI is InChI=1S/C15H17ClN2O4/c1-21-12-3-2-10(8-11(12)16)9-18-13(19)15(17-14(18)20)4-6-22-7-5-15/h2-3,8H,4-7,9H2,1H3,(H,17,20). The van der Waals surface area contributed by atoms with Crippen molar-refractivity contribution in [1.82, 2.24) is 10.2 Å². The fourth-order valence-electron chi connectivity index (χ4n) is 2.87. The van der Waals surface area contributed by atoms with E-state index in [1.807, 2.05) is 0 Å². The van der Waals surface area contributed by atoms with Crippen LogP contribution < -0.4 is 10.1 Å². The number of carbonyl (C=O) groups excluding carboxylic acids is 2. The molecule has 2 fully saturated rings. The van der Waals surface area contributed by atoms with E-state index in [2.05, 4.69) is 5.32 Å². The molecule has 0 bridgehead atoms. The Kier molecular flexibility index (Phi) is 3.97. The fraction of sp³-hybridized carbons (Fsp3) is 0.467. The lowest BCUT2D eigenvalue weighted by molar-refractivity contribution is -0.134. The summed E-state index contributed by atoms with van der Waals surface area (Å²) in [6.07, 6.45) is 1.02. The number of methoxy groups -OCH3 is 1. The van der Waals surface area contributed by atoms with E-state index >= 15 is 0 Å². The summed E-state index contributed by atoms with van der Waals surface area (Å²) in [5.41, 5.74) is -0.0237. The summed E-state index contributed by atoms with van der Waals surface area (Å²) >= 11 is 6.08. The Hall–Kier alpha value is -1.79. The van der Waals surface area contributed by atoms with E-state index in [0.717, 1.165) is 5.56 Å². The van der Waals surface area contributed by atoms with Crippen LogP contribution in [0.3, 0.4) is 0 Å². The van der Waals surface area contributed by atoms with E-state index in [-0.39, 0.29) is 18.5 Å². The van der Waals surface area contributed by atoms with Gasteiger partial charge in [-0.2, -0.15) is 0 Å². The second-order valence-electron chi connectivity index (χ2n) is 5.48. The van der Waals surface area contributed by atoms with Crippen LogP contribution in [0.25, 0.3) is 0 Å². The maximum atomic E-state index is 12.6. The van der Waals surface area contributed by atoms with Crippen LogP contribution in [0.4, 0.5) is 4.79 Å². The average Bonchev–Trinajstić information content (AvgIpc) is 2.73. The number of carbonyl (C=O) groups is 2. The van der Waals surface area contributed by atoms with Crippen molar-refractivity contribution in [1.29, 1.82) is 0 Å². The normalized spacial score (nSPS) is 20.4. The molecule has 2 saturated heterocycles. The fourth-order valence-corrected chi connectivity index (χ4v) is 3.15. The first-order valence-electron chi connectivity index (χ1n) is 7.10. The highest BCUT2D eigenvalue weighted by molar-refractivity contribution is 6.32. The van der Waals surface area contributed by atoms with Crippen molar-refractivity contribution < 1.29 is 19.1 Å². The Morgan fingerprint density at radius 1 is 1.36 bits per heavy atom. The zero-order valence-electron chi connectivity index (χ0n) is 12.2. The monoisotopic (exact) mass is 324 g/mol. The highest BCUT2D eigenvalue weighted by atomic mass is 35.5. The Morgan fingerprint density at radius 3 is 2.73 bits per heavy atom. The van der Waals surface area contributed by atoms with Crippen LogP contribution in [-0.4, -0.2) is 42.7 Å². The molecule has 1 spiro atoms. The second kappa shape index (κ2) is 5.78. The van der Waals surface area contributed by atoms with Gasteiger partial charge in [-0.15, -0.1) is 0 Å². The van der Waals surface area contributed by atoms with Crippen LogP contribution in [0.1, 0.15) is 18.4 Å². The minimum atomic E-state index is -0.800. The number of rotatable bonds is 3. The summed E-state index contributed by atoms with van der Waals surface area (Å²) in [6.45, 7) is 1.15. The Balaban J connectivity index is 1.79. The summed E-state index contributed by atoms with van der Waals surface area (Å²) in [5, 5.41) is 3.28. The number of hydrogen-bond acceptors (Lipinski definition) is 4. The summed E-state index contributed by atoms with van der Waals surface area (Å²) in [6, 6.07) is 4.86. The number of nitrogens with zero attached hydrogens (tertiary/aromatic N) is 1. The summed E-state index contributed by atoms with van der Waals surface area (Å²) in [7, 11) is 1.53. The van der Waals surface area contributed by atoms with Crippen LogP contribution in [0.15, 0.2) is 18.2 Å². The maximum Gasteiger partial charge on any atom is 0.325 e. The van der Waals surface area contributed by atoms with Gasteiger partial charge >= 0.3 is 6.03 Å². The van der Waals surface area contributed by atoms with Gasteiger partial charge in [-0.05, 0) is 17.7 Å². The van der Waals surface area contributed by atoms with Gasteiger partial charge in [0.1, 0.15) is 11.3 Å². The Labute approximate surface area is 133 Å². The molecular formula is C15H17ClN2O4. The Bertz CT molecular complexity index is 614. The molecule has 0 unspecified atom stereocenters. The maximum absolute atomic E-state index is 12.6. The summed E-state index contributed by atoms with van der Waals surface area (Å²) in [4.78, 5) is 26.0. The molecule has 118 valence electrons. The molecule has 3 amide bonds. The number of benzene rings is 1. The first kappa shape index (κ1) is 15.1. The van der Waals surface area contributed by atoms with Crippen molar-refractivity contribution in [2.75, 3.05) is 20.3 Å². The van der Waals surface area contributed by atoms with Gasteiger partial charge in [-0.1, -0.05) is 17.7 Å². The average molecular weight is 325 g/mol. The van der Waals surface area contributed by atoms with Gasteiger partial charge < -0.3 is 14.8 Å². The SMILES string of the molecule is COc1ccc(CN2C(=O)NC3(CCOCC3)C2=O)cc1Cl. The van der Waals surface area contributed by atoms with E-state index in [1.165, 1.54) is 12.0 Å². The van der Waals surface area contributed by atoms with Gasteiger partial charge in [0, 0.05) is 26.1 Å². The van der Waals surface area contributed by atoms with Gasteiger partial charge in [-0.25, -0.2) is 4.79 Å². The molecule has 22 heavy (non-hydrogen) atoms. The minimum absolute atomic E-state index is 0.187. The van der Waals surface area contributed by atoms with Crippen molar-refractivity contribution in [3.05, 3.63) is 28.8 Å². The first-order valence-corrected chi connectivity index (χ1v) is 7.48. The van der Waals surface area contributed by atoms with Crippen molar-refractivity contribution >= 4 is 23.5 Å². The number of ether oxygens (including phenoxy) is 2. The molecule has 3 rings (SSSR count). The molecule has 0 atom stereocenters. The third-order valence-corrected chi connectivity index (χ3v) is 4.44. The number of urea groups is 1. The number of halogens is 1. The van der Waals surface area contributed by atoms with Gasteiger partial charge in [0.05, 0.1) is 18.7 Å². The van der Waals surface area contributed by atoms with Crippen LogP contribution >= 0.6 is 11.6 Å². The van der Waals surface area contributed by atoms with Gasteiger partial charge in [0.25, 0.3) is 5.91 Å². The van der Waals surface area contributed by atoms with Crippen molar-refractivity contribution in [2.45, 2.75) is 24.9 Å². The van der Waals surface area contributed by atoms with Crippen LogP contribution in [0.5, 0.6) is 5.75 Å². The quantitative estimate of drug-likeness (QED) is 0.863. The topological polar surface area (TPSA) is 67.9 Å². The molecule has 1 aromatic carbocycles. The second-order valence-corrected chi connectivity index (χ2v) is 5.89. The molecule has 7 heteroatoms. The van der Waals surface area contributed by atoms with E-state index in [1.54, 1.807) is 18.2 Å². The molecule has 2 aliphatic rings. The smallest absolute Gasteiger partial charge is 0.325 e. The third kappa shape index (κ3) is 2.53. The van der Waals surface area contributed by atoms with Crippen molar-refractivity contribution in [2.24, 2.45) is 0 Å². The lowest BCUT2D eigenvalue weighted by Crippen LogP contribution is -2.51. The van der Waals surface area contributed by atoms with Crippen LogP contribution in [0, 0.1) is 0 Å². The van der Waals surface area contributed by atoms with E-state index < -0.39 is 5.54 Å². The molecule has 0 aliphatic carbocycles. The van der Waals surface area contributed by atoms with Crippen LogP contribution in [0.2, 0.25) is 5.02 Å². The van der Waals surface area contributed by atoms with Gasteiger partial charge in [-0.3, -0.25) is 9.69 Å².